The van der Waals surface area contributed by atoms with Crippen LogP contribution in [0.5, 0.6) is 0 Å². The Morgan fingerprint density at radius 1 is 1.30 bits per heavy atom. The monoisotopic (exact) mass is 364 g/mol. The Kier molecular flexibility index (Phi) is 7.68. The number of benzene rings is 1. The quantitative estimate of drug-likeness (QED) is 0.656. The van der Waals surface area contributed by atoms with E-state index in [-0.39, 0.29) is 4.90 Å². The third-order valence-corrected chi connectivity index (χ3v) is 5.29. The van der Waals surface area contributed by atoms with Gasteiger partial charge in [0.1, 0.15) is 0 Å². The summed E-state index contributed by atoms with van der Waals surface area (Å²) in [6, 6.07) is 5.10. The smallest absolute Gasteiger partial charge is 0.241 e. The van der Waals surface area contributed by atoms with E-state index in [2.05, 4.69) is 20.7 Å². The maximum absolute atomic E-state index is 12.2. The molecule has 0 atom stereocenters. The molecule has 0 spiro atoms. The molecule has 0 aliphatic heterocycles. The molecule has 20 heavy (non-hydrogen) atoms. The minimum atomic E-state index is -3.50. The fraction of sp³-hybridized carbons (Fsp3) is 0.538. The van der Waals surface area contributed by atoms with Gasteiger partial charge in [0.2, 0.25) is 10.0 Å². The minimum absolute atomic E-state index is 0.234. The highest BCUT2D eigenvalue weighted by Crippen LogP contribution is 2.23. The van der Waals surface area contributed by atoms with Gasteiger partial charge in [-0.25, -0.2) is 13.1 Å². The fourth-order valence-electron chi connectivity index (χ4n) is 1.71. The maximum atomic E-state index is 12.2. The molecule has 0 amide bonds. The predicted octanol–water partition coefficient (Wildman–Crippen LogP) is 2.00. The lowest BCUT2D eigenvalue weighted by atomic mass is 10.2. The third-order valence-electron chi connectivity index (χ3n) is 2.84. The molecule has 0 aliphatic carbocycles. The Bertz CT molecular complexity index is 520. The number of halogens is 1. The van der Waals surface area contributed by atoms with Gasteiger partial charge in [0, 0.05) is 31.3 Å². The van der Waals surface area contributed by atoms with Crippen LogP contribution < -0.4 is 10.5 Å². The molecule has 0 radical (unpaired) electrons. The van der Waals surface area contributed by atoms with Crippen LogP contribution in [0.25, 0.3) is 0 Å². The van der Waals surface area contributed by atoms with Gasteiger partial charge in [-0.15, -0.1) is 0 Å². The average molecular weight is 365 g/mol. The lowest BCUT2D eigenvalue weighted by Gasteiger charge is -2.10. The van der Waals surface area contributed by atoms with Gasteiger partial charge in [0.25, 0.3) is 0 Å². The van der Waals surface area contributed by atoms with E-state index < -0.39 is 10.0 Å². The van der Waals surface area contributed by atoms with Crippen LogP contribution in [0.4, 0.5) is 0 Å². The van der Waals surface area contributed by atoms with Gasteiger partial charge < -0.3 is 10.5 Å². The summed E-state index contributed by atoms with van der Waals surface area (Å²) >= 11 is 3.26. The van der Waals surface area contributed by atoms with Crippen LogP contribution in [0, 0.1) is 0 Å². The summed E-state index contributed by atoms with van der Waals surface area (Å²) in [5.74, 6) is 0. The van der Waals surface area contributed by atoms with Crippen molar-refractivity contribution in [3.63, 3.8) is 0 Å². The van der Waals surface area contributed by atoms with Crippen molar-refractivity contribution >= 4 is 26.0 Å². The Hall–Kier alpha value is -0.470. The van der Waals surface area contributed by atoms with Crippen molar-refractivity contribution in [2.45, 2.75) is 30.7 Å². The van der Waals surface area contributed by atoms with E-state index in [4.69, 9.17) is 10.5 Å². The van der Waals surface area contributed by atoms with E-state index in [1.807, 2.05) is 0 Å². The zero-order chi connectivity index (χ0) is 15.0. The van der Waals surface area contributed by atoms with Crippen LogP contribution in [0.3, 0.4) is 0 Å². The van der Waals surface area contributed by atoms with Crippen molar-refractivity contribution in [3.05, 3.63) is 28.2 Å². The molecule has 0 aromatic heterocycles. The highest BCUT2D eigenvalue weighted by molar-refractivity contribution is 9.10. The van der Waals surface area contributed by atoms with Gasteiger partial charge in [-0.3, -0.25) is 0 Å². The van der Waals surface area contributed by atoms with Gasteiger partial charge in [-0.05, 0) is 52.9 Å². The SMILES string of the molecule is COCCCCCNS(=O)(=O)c1cc(CN)ccc1Br. The number of nitrogens with two attached hydrogens (primary N) is 1. The van der Waals surface area contributed by atoms with Crippen molar-refractivity contribution in [3.8, 4) is 0 Å². The molecule has 0 bridgehead atoms. The Labute approximate surface area is 129 Å². The molecule has 1 rings (SSSR count). The molecule has 5 nitrogen and oxygen atoms in total. The second kappa shape index (κ2) is 8.74. The highest BCUT2D eigenvalue weighted by atomic mass is 79.9. The molecular weight excluding hydrogens is 344 g/mol. The minimum Gasteiger partial charge on any atom is -0.385 e. The lowest BCUT2D eigenvalue weighted by Crippen LogP contribution is -2.25. The molecular formula is C13H21BrN2O3S. The summed E-state index contributed by atoms with van der Waals surface area (Å²) in [6.07, 6.45) is 2.65. The molecule has 114 valence electrons. The number of nitrogens with one attached hydrogen (secondary N) is 1. The second-order valence-corrected chi connectivity index (χ2v) is 7.01. The topological polar surface area (TPSA) is 81.4 Å². The lowest BCUT2D eigenvalue weighted by molar-refractivity contribution is 0.192. The number of ether oxygens (including phenoxy) is 1. The van der Waals surface area contributed by atoms with Crippen molar-refractivity contribution < 1.29 is 13.2 Å². The molecule has 1 aromatic carbocycles. The summed E-state index contributed by atoms with van der Waals surface area (Å²) < 4.78 is 32.5. The normalized spacial score (nSPS) is 11.8. The van der Waals surface area contributed by atoms with Crippen LogP contribution >= 0.6 is 15.9 Å². The van der Waals surface area contributed by atoms with E-state index in [0.29, 0.717) is 24.2 Å². The predicted molar refractivity (Wildman–Crippen MR) is 82.9 cm³/mol. The largest absolute Gasteiger partial charge is 0.385 e. The fourth-order valence-corrected chi connectivity index (χ4v) is 3.80. The standard InChI is InChI=1S/C13H21BrN2O3S/c1-19-8-4-2-3-7-16-20(17,18)13-9-11(10-15)5-6-12(13)14/h5-6,9,16H,2-4,7-8,10,15H2,1H3. The van der Waals surface area contributed by atoms with Crippen LogP contribution in [0.2, 0.25) is 0 Å². The van der Waals surface area contributed by atoms with E-state index in [9.17, 15) is 8.42 Å². The van der Waals surface area contributed by atoms with E-state index >= 15 is 0 Å². The van der Waals surface area contributed by atoms with Crippen LogP contribution in [0.1, 0.15) is 24.8 Å². The van der Waals surface area contributed by atoms with Crippen LogP contribution in [-0.4, -0.2) is 28.7 Å². The Balaban J connectivity index is 2.60. The first-order valence-corrected chi connectivity index (χ1v) is 8.76. The third kappa shape index (κ3) is 5.49. The highest BCUT2D eigenvalue weighted by Gasteiger charge is 2.17. The van der Waals surface area contributed by atoms with Crippen molar-refractivity contribution in [1.82, 2.24) is 4.72 Å². The zero-order valence-corrected chi connectivity index (χ0v) is 14.0. The molecule has 7 heteroatoms. The Morgan fingerprint density at radius 2 is 2.05 bits per heavy atom. The van der Waals surface area contributed by atoms with Crippen molar-refractivity contribution in [2.75, 3.05) is 20.3 Å². The molecule has 0 heterocycles. The number of unbranched alkanes of at least 4 members (excludes halogenated alkanes) is 2. The molecule has 3 N–H and O–H groups in total. The number of hydrogen-bond acceptors (Lipinski definition) is 4. The van der Waals surface area contributed by atoms with Gasteiger partial charge in [-0.1, -0.05) is 6.07 Å². The number of hydrogen-bond donors (Lipinski definition) is 2. The van der Waals surface area contributed by atoms with E-state index in [1.54, 1.807) is 25.3 Å². The van der Waals surface area contributed by atoms with Gasteiger partial charge in [0.15, 0.2) is 0 Å². The summed E-state index contributed by atoms with van der Waals surface area (Å²) in [5.41, 5.74) is 6.32. The summed E-state index contributed by atoms with van der Waals surface area (Å²) in [5, 5.41) is 0. The summed E-state index contributed by atoms with van der Waals surface area (Å²) in [7, 11) is -1.84. The first-order valence-electron chi connectivity index (χ1n) is 6.48. The number of methoxy groups -OCH3 is 1. The van der Waals surface area contributed by atoms with Crippen LogP contribution in [0.15, 0.2) is 27.6 Å². The van der Waals surface area contributed by atoms with Crippen LogP contribution in [-0.2, 0) is 21.3 Å². The van der Waals surface area contributed by atoms with Crippen molar-refractivity contribution in [1.29, 1.82) is 0 Å². The van der Waals surface area contributed by atoms with E-state index in [1.165, 1.54) is 0 Å². The zero-order valence-electron chi connectivity index (χ0n) is 11.6. The molecule has 0 saturated heterocycles. The first-order chi connectivity index (χ1) is 9.51. The molecule has 0 fully saturated rings. The number of rotatable bonds is 9. The molecule has 0 aliphatic rings. The van der Waals surface area contributed by atoms with Gasteiger partial charge in [0.05, 0.1) is 4.90 Å². The van der Waals surface area contributed by atoms with Crippen molar-refractivity contribution in [2.24, 2.45) is 5.73 Å². The molecule has 0 saturated carbocycles. The summed E-state index contributed by atoms with van der Waals surface area (Å²) in [6.45, 7) is 1.44. The number of sulfonamides is 1. The second-order valence-electron chi connectivity index (χ2n) is 4.42. The van der Waals surface area contributed by atoms with Gasteiger partial charge in [-0.2, -0.15) is 0 Å². The molecule has 0 unspecified atom stereocenters. The van der Waals surface area contributed by atoms with Gasteiger partial charge >= 0.3 is 0 Å². The Morgan fingerprint density at radius 3 is 2.70 bits per heavy atom. The average Bonchev–Trinajstić information content (AvgIpc) is 2.43. The van der Waals surface area contributed by atoms with E-state index in [0.717, 1.165) is 24.8 Å². The first kappa shape index (κ1) is 17.6. The summed E-state index contributed by atoms with van der Waals surface area (Å²) in [4.78, 5) is 0.234. The molecule has 1 aromatic rings. The maximum Gasteiger partial charge on any atom is 0.241 e.